The van der Waals surface area contributed by atoms with Gasteiger partial charge in [-0.3, -0.25) is 0 Å². The van der Waals surface area contributed by atoms with E-state index in [-0.39, 0.29) is 0 Å². The van der Waals surface area contributed by atoms with Crippen LogP contribution < -0.4 is 4.90 Å². The third-order valence-corrected chi connectivity index (χ3v) is 3.63. The van der Waals surface area contributed by atoms with Crippen LogP contribution in [0.4, 0.5) is 5.82 Å². The van der Waals surface area contributed by atoms with Gasteiger partial charge >= 0.3 is 0 Å². The van der Waals surface area contributed by atoms with Crippen molar-refractivity contribution < 1.29 is 0 Å². The van der Waals surface area contributed by atoms with Crippen LogP contribution in [0.2, 0.25) is 5.02 Å². The lowest BCUT2D eigenvalue weighted by Gasteiger charge is -2.25. The van der Waals surface area contributed by atoms with Crippen molar-refractivity contribution >= 4 is 29.0 Å². The lowest BCUT2D eigenvalue weighted by Crippen LogP contribution is -2.28. The Morgan fingerprint density at radius 2 is 2.12 bits per heavy atom. The van der Waals surface area contributed by atoms with Gasteiger partial charge in [0.25, 0.3) is 0 Å². The fourth-order valence-corrected chi connectivity index (χ4v) is 2.09. The van der Waals surface area contributed by atoms with Crippen LogP contribution >= 0.6 is 23.2 Å². The Bertz CT molecular complexity index is 355. The molecule has 0 bridgehead atoms. The molecule has 2 nitrogen and oxygen atoms in total. The zero-order chi connectivity index (χ0) is 12.8. The molecule has 1 unspecified atom stereocenters. The van der Waals surface area contributed by atoms with Crippen LogP contribution in [0.5, 0.6) is 0 Å². The predicted molar refractivity (Wildman–Crippen MR) is 76.1 cm³/mol. The average molecular weight is 275 g/mol. The molecule has 96 valence electrons. The average Bonchev–Trinajstić information content (AvgIpc) is 2.36. The first-order valence-electron chi connectivity index (χ1n) is 6.07. The standard InChI is InChI=1S/C13H20Cl2N2/c1-4-10(3)9-17(5-2)13-6-11(7-14)12(15)8-16-13/h6,8,10H,4-5,7,9H2,1-3H3. The van der Waals surface area contributed by atoms with Gasteiger partial charge in [0.05, 0.1) is 5.02 Å². The molecular formula is C13H20Cl2N2. The number of rotatable bonds is 6. The number of aromatic nitrogens is 1. The van der Waals surface area contributed by atoms with Crippen molar-refractivity contribution in [1.29, 1.82) is 0 Å². The van der Waals surface area contributed by atoms with E-state index in [1.54, 1.807) is 6.20 Å². The van der Waals surface area contributed by atoms with Gasteiger partial charge in [-0.15, -0.1) is 11.6 Å². The first-order valence-corrected chi connectivity index (χ1v) is 6.98. The molecule has 0 N–H and O–H groups in total. The van der Waals surface area contributed by atoms with Crippen LogP contribution in [0.15, 0.2) is 12.3 Å². The fourth-order valence-electron chi connectivity index (χ4n) is 1.63. The summed E-state index contributed by atoms with van der Waals surface area (Å²) in [5, 5.41) is 0.642. The van der Waals surface area contributed by atoms with Gasteiger partial charge in [0.1, 0.15) is 5.82 Å². The smallest absolute Gasteiger partial charge is 0.128 e. The number of anilines is 1. The molecule has 1 rings (SSSR count). The molecule has 0 amide bonds. The Morgan fingerprint density at radius 1 is 1.41 bits per heavy atom. The number of alkyl halides is 1. The first kappa shape index (κ1) is 14.6. The molecule has 0 aliphatic carbocycles. The highest BCUT2D eigenvalue weighted by molar-refractivity contribution is 6.32. The Morgan fingerprint density at radius 3 is 2.65 bits per heavy atom. The van der Waals surface area contributed by atoms with Crippen molar-refractivity contribution in [3.05, 3.63) is 22.8 Å². The van der Waals surface area contributed by atoms with E-state index in [9.17, 15) is 0 Å². The summed E-state index contributed by atoms with van der Waals surface area (Å²) < 4.78 is 0. The van der Waals surface area contributed by atoms with Crippen molar-refractivity contribution in [2.24, 2.45) is 5.92 Å². The van der Waals surface area contributed by atoms with E-state index in [1.165, 1.54) is 6.42 Å². The highest BCUT2D eigenvalue weighted by atomic mass is 35.5. The van der Waals surface area contributed by atoms with Crippen molar-refractivity contribution in [1.82, 2.24) is 4.98 Å². The van der Waals surface area contributed by atoms with Gasteiger partial charge in [-0.25, -0.2) is 4.98 Å². The Hall–Kier alpha value is -0.470. The molecule has 0 saturated carbocycles. The van der Waals surface area contributed by atoms with Gasteiger partial charge < -0.3 is 4.90 Å². The first-order chi connectivity index (χ1) is 8.12. The zero-order valence-corrected chi connectivity index (χ0v) is 12.2. The second-order valence-corrected chi connectivity index (χ2v) is 4.99. The van der Waals surface area contributed by atoms with Gasteiger partial charge in [-0.1, -0.05) is 31.9 Å². The third-order valence-electron chi connectivity index (χ3n) is 3.00. The minimum Gasteiger partial charge on any atom is -0.357 e. The largest absolute Gasteiger partial charge is 0.357 e. The van der Waals surface area contributed by atoms with E-state index in [1.807, 2.05) is 6.07 Å². The van der Waals surface area contributed by atoms with Crippen LogP contribution in [0.25, 0.3) is 0 Å². The highest BCUT2D eigenvalue weighted by Gasteiger charge is 2.11. The molecule has 1 atom stereocenters. The van der Waals surface area contributed by atoms with Gasteiger partial charge in [-0.05, 0) is 24.5 Å². The number of nitrogens with zero attached hydrogens (tertiary/aromatic N) is 2. The van der Waals surface area contributed by atoms with Crippen LogP contribution in [-0.4, -0.2) is 18.1 Å². The van der Waals surface area contributed by atoms with E-state index >= 15 is 0 Å². The van der Waals surface area contributed by atoms with Gasteiger partial charge in [0.2, 0.25) is 0 Å². The number of pyridine rings is 1. The van der Waals surface area contributed by atoms with Gasteiger partial charge in [-0.2, -0.15) is 0 Å². The lowest BCUT2D eigenvalue weighted by molar-refractivity contribution is 0.545. The van der Waals surface area contributed by atoms with Gasteiger partial charge in [0.15, 0.2) is 0 Å². The maximum atomic E-state index is 6.01. The SMILES string of the molecule is CCC(C)CN(CC)c1cc(CCl)c(Cl)cn1. The van der Waals surface area contributed by atoms with Crippen LogP contribution in [-0.2, 0) is 5.88 Å². The van der Waals surface area contributed by atoms with E-state index in [4.69, 9.17) is 23.2 Å². The molecule has 1 heterocycles. The second kappa shape index (κ2) is 7.07. The topological polar surface area (TPSA) is 16.1 Å². The number of halogens is 2. The normalized spacial score (nSPS) is 12.5. The summed E-state index contributed by atoms with van der Waals surface area (Å²) in [6.07, 6.45) is 2.86. The van der Waals surface area contributed by atoms with Crippen molar-refractivity contribution in [2.75, 3.05) is 18.0 Å². The molecule has 0 radical (unpaired) electrons. The minimum absolute atomic E-state index is 0.426. The highest BCUT2D eigenvalue weighted by Crippen LogP contribution is 2.22. The van der Waals surface area contributed by atoms with Crippen LogP contribution in [0.3, 0.4) is 0 Å². The molecule has 17 heavy (non-hydrogen) atoms. The Balaban J connectivity index is 2.88. The summed E-state index contributed by atoms with van der Waals surface area (Å²) in [5.74, 6) is 2.05. The van der Waals surface area contributed by atoms with Crippen LogP contribution in [0, 0.1) is 5.92 Å². The van der Waals surface area contributed by atoms with E-state index < -0.39 is 0 Å². The molecule has 4 heteroatoms. The number of hydrogen-bond acceptors (Lipinski definition) is 2. The molecule has 0 aliphatic heterocycles. The summed E-state index contributed by atoms with van der Waals surface area (Å²) in [7, 11) is 0. The predicted octanol–water partition coefficient (Wildman–Crippen LogP) is 4.35. The Labute approximate surface area is 114 Å². The van der Waals surface area contributed by atoms with Gasteiger partial charge in [0, 0.05) is 25.2 Å². The molecule has 0 spiro atoms. The van der Waals surface area contributed by atoms with E-state index in [0.29, 0.717) is 16.8 Å². The summed E-state index contributed by atoms with van der Waals surface area (Å²) >= 11 is 11.9. The number of hydrogen-bond donors (Lipinski definition) is 0. The molecule has 1 aromatic heterocycles. The third kappa shape index (κ3) is 4.04. The van der Waals surface area contributed by atoms with Crippen molar-refractivity contribution in [2.45, 2.75) is 33.1 Å². The second-order valence-electron chi connectivity index (χ2n) is 4.32. The monoisotopic (exact) mass is 274 g/mol. The molecule has 0 saturated heterocycles. The molecule has 1 aromatic rings. The lowest BCUT2D eigenvalue weighted by atomic mass is 10.1. The van der Waals surface area contributed by atoms with Crippen molar-refractivity contribution in [3.8, 4) is 0 Å². The molecule has 0 aliphatic rings. The van der Waals surface area contributed by atoms with Crippen molar-refractivity contribution in [3.63, 3.8) is 0 Å². The summed E-state index contributed by atoms with van der Waals surface area (Å²) in [5.41, 5.74) is 0.945. The zero-order valence-electron chi connectivity index (χ0n) is 10.7. The summed E-state index contributed by atoms with van der Waals surface area (Å²) in [4.78, 5) is 6.65. The Kier molecular flexibility index (Phi) is 6.07. The van der Waals surface area contributed by atoms with E-state index in [2.05, 4.69) is 30.7 Å². The molecule has 0 fully saturated rings. The minimum atomic E-state index is 0.426. The maximum Gasteiger partial charge on any atom is 0.128 e. The summed E-state index contributed by atoms with van der Waals surface area (Å²) in [6.45, 7) is 8.56. The maximum absolute atomic E-state index is 6.01. The quantitative estimate of drug-likeness (QED) is 0.718. The fraction of sp³-hybridized carbons (Fsp3) is 0.615. The summed E-state index contributed by atoms with van der Waals surface area (Å²) in [6, 6.07) is 1.99. The van der Waals surface area contributed by atoms with Crippen LogP contribution in [0.1, 0.15) is 32.8 Å². The van der Waals surface area contributed by atoms with E-state index in [0.717, 1.165) is 24.5 Å². The molecule has 0 aromatic carbocycles. The molecular weight excluding hydrogens is 255 g/mol.